The van der Waals surface area contributed by atoms with Crippen molar-refractivity contribution >= 4 is 30.2 Å². The van der Waals surface area contributed by atoms with Crippen molar-refractivity contribution in [2.75, 3.05) is 6.61 Å². The van der Waals surface area contributed by atoms with Gasteiger partial charge in [0.25, 0.3) is 0 Å². The lowest BCUT2D eigenvalue weighted by Crippen LogP contribution is -2.27. The van der Waals surface area contributed by atoms with Crippen molar-refractivity contribution in [2.24, 2.45) is 5.10 Å². The summed E-state index contributed by atoms with van der Waals surface area (Å²) in [4.78, 5) is 22.5. The van der Waals surface area contributed by atoms with Crippen molar-refractivity contribution in [1.82, 2.24) is 5.43 Å². The third-order valence-electron chi connectivity index (χ3n) is 4.03. The van der Waals surface area contributed by atoms with Crippen LogP contribution in [0.5, 0.6) is 11.5 Å². The first-order valence-electron chi connectivity index (χ1n) is 8.94. The SMILES string of the molecule is CC(C)(S)CC(=O)N/N=C1\CCCc2cc(OCCCC(=O)O)cc(O)c21. The summed E-state index contributed by atoms with van der Waals surface area (Å²) in [5.74, 6) is -0.551. The summed E-state index contributed by atoms with van der Waals surface area (Å²) in [5.41, 5.74) is 4.71. The molecule has 3 N–H and O–H groups in total. The third-order valence-corrected chi connectivity index (χ3v) is 4.19. The minimum atomic E-state index is -0.865. The van der Waals surface area contributed by atoms with Crippen LogP contribution in [0.2, 0.25) is 0 Å². The summed E-state index contributed by atoms with van der Waals surface area (Å²) in [5, 5.41) is 23.3. The number of carboxylic acids is 1. The first-order chi connectivity index (χ1) is 12.7. The molecule has 0 bridgehead atoms. The van der Waals surface area contributed by atoms with Crippen LogP contribution in [-0.2, 0) is 16.0 Å². The number of rotatable bonds is 8. The van der Waals surface area contributed by atoms with Crippen LogP contribution in [0.1, 0.15) is 57.1 Å². The van der Waals surface area contributed by atoms with Crippen LogP contribution in [0.25, 0.3) is 0 Å². The summed E-state index contributed by atoms with van der Waals surface area (Å²) in [7, 11) is 0. The molecule has 0 atom stereocenters. The Morgan fingerprint density at radius 3 is 2.74 bits per heavy atom. The number of nitrogens with zero attached hydrogens (tertiary/aromatic N) is 1. The van der Waals surface area contributed by atoms with E-state index in [1.165, 1.54) is 6.07 Å². The Morgan fingerprint density at radius 2 is 2.07 bits per heavy atom. The summed E-state index contributed by atoms with van der Waals surface area (Å²) in [6, 6.07) is 3.34. The first kappa shape index (κ1) is 21.1. The maximum atomic E-state index is 12.0. The van der Waals surface area contributed by atoms with Crippen LogP contribution in [-0.4, -0.2) is 39.2 Å². The van der Waals surface area contributed by atoms with Gasteiger partial charge in [-0.25, -0.2) is 5.43 Å². The quantitative estimate of drug-likeness (QED) is 0.308. The van der Waals surface area contributed by atoms with Crippen molar-refractivity contribution in [3.8, 4) is 11.5 Å². The molecule has 27 heavy (non-hydrogen) atoms. The Hall–Kier alpha value is -2.22. The molecule has 0 fully saturated rings. The van der Waals surface area contributed by atoms with Crippen LogP contribution in [0.3, 0.4) is 0 Å². The molecule has 1 amide bonds. The number of phenols is 1. The summed E-state index contributed by atoms with van der Waals surface area (Å²) in [6.07, 6.45) is 2.94. The number of aryl methyl sites for hydroxylation is 1. The van der Waals surface area contributed by atoms with E-state index in [9.17, 15) is 14.7 Å². The van der Waals surface area contributed by atoms with Crippen LogP contribution < -0.4 is 10.2 Å². The molecule has 0 aliphatic heterocycles. The maximum absolute atomic E-state index is 12.0. The van der Waals surface area contributed by atoms with E-state index in [-0.39, 0.29) is 31.1 Å². The number of carbonyl (C=O) groups excluding carboxylic acids is 1. The van der Waals surface area contributed by atoms with Gasteiger partial charge in [-0.15, -0.1) is 0 Å². The highest BCUT2D eigenvalue weighted by Gasteiger charge is 2.22. The van der Waals surface area contributed by atoms with Gasteiger partial charge in [0.1, 0.15) is 11.5 Å². The van der Waals surface area contributed by atoms with Crippen molar-refractivity contribution in [2.45, 2.75) is 57.1 Å². The number of ether oxygens (including phenoxy) is 1. The van der Waals surface area contributed by atoms with Crippen molar-refractivity contribution in [1.29, 1.82) is 0 Å². The van der Waals surface area contributed by atoms with E-state index in [0.29, 0.717) is 29.9 Å². The lowest BCUT2D eigenvalue weighted by Gasteiger charge is -2.21. The molecule has 1 aromatic rings. The molecule has 0 aromatic heterocycles. The zero-order chi connectivity index (χ0) is 20.0. The first-order valence-corrected chi connectivity index (χ1v) is 9.39. The van der Waals surface area contributed by atoms with Gasteiger partial charge in [-0.05, 0) is 37.3 Å². The summed E-state index contributed by atoms with van der Waals surface area (Å²) >= 11 is 4.34. The zero-order valence-corrected chi connectivity index (χ0v) is 16.5. The van der Waals surface area contributed by atoms with E-state index in [1.807, 2.05) is 19.9 Å². The normalized spacial score (nSPS) is 15.3. The van der Waals surface area contributed by atoms with Gasteiger partial charge < -0.3 is 14.9 Å². The number of carbonyl (C=O) groups is 2. The topological polar surface area (TPSA) is 108 Å². The molecule has 0 radical (unpaired) electrons. The van der Waals surface area contributed by atoms with Gasteiger partial charge in [-0.1, -0.05) is 13.8 Å². The number of phenolic OH excluding ortho intramolecular Hbond substituents is 1. The molecule has 1 aliphatic rings. The van der Waals surface area contributed by atoms with Gasteiger partial charge in [0, 0.05) is 29.2 Å². The fraction of sp³-hybridized carbons (Fsp3) is 0.526. The zero-order valence-electron chi connectivity index (χ0n) is 15.6. The molecule has 1 aromatic carbocycles. The Labute approximate surface area is 164 Å². The molecule has 0 saturated carbocycles. The highest BCUT2D eigenvalue weighted by Crippen LogP contribution is 2.33. The molecule has 8 heteroatoms. The highest BCUT2D eigenvalue weighted by atomic mass is 32.1. The lowest BCUT2D eigenvalue weighted by atomic mass is 9.89. The minimum Gasteiger partial charge on any atom is -0.507 e. The second-order valence-corrected chi connectivity index (χ2v) is 8.47. The summed E-state index contributed by atoms with van der Waals surface area (Å²) in [6.45, 7) is 3.96. The van der Waals surface area contributed by atoms with Gasteiger partial charge >= 0.3 is 5.97 Å². The monoisotopic (exact) mass is 394 g/mol. The van der Waals surface area contributed by atoms with Gasteiger partial charge in [0.2, 0.25) is 5.91 Å². The molecule has 0 spiro atoms. The van der Waals surface area contributed by atoms with E-state index < -0.39 is 10.7 Å². The molecule has 0 unspecified atom stereocenters. The van der Waals surface area contributed by atoms with E-state index in [4.69, 9.17) is 9.84 Å². The highest BCUT2D eigenvalue weighted by molar-refractivity contribution is 7.81. The minimum absolute atomic E-state index is 0.0382. The van der Waals surface area contributed by atoms with E-state index in [1.54, 1.807) is 0 Å². The Morgan fingerprint density at radius 1 is 1.33 bits per heavy atom. The number of thiol groups is 1. The fourth-order valence-corrected chi connectivity index (χ4v) is 3.07. The van der Waals surface area contributed by atoms with E-state index in [2.05, 4.69) is 23.2 Å². The number of hydrazone groups is 1. The molecule has 7 nitrogen and oxygen atoms in total. The van der Waals surface area contributed by atoms with Crippen molar-refractivity contribution in [3.63, 3.8) is 0 Å². The molecular weight excluding hydrogens is 368 g/mol. The number of amides is 1. The van der Waals surface area contributed by atoms with Gasteiger partial charge in [0.05, 0.1) is 12.3 Å². The lowest BCUT2D eigenvalue weighted by molar-refractivity contribution is -0.137. The number of hydrogen-bond acceptors (Lipinski definition) is 6. The molecular formula is C19H26N2O5S. The standard InChI is InChI=1S/C19H26N2O5S/c1-19(2,27)11-16(23)21-20-14-6-3-5-12-9-13(10-15(22)18(12)14)26-8-4-7-17(24)25/h9-10,22,27H,3-8,11H2,1-2H3,(H,21,23)(H,24,25)/b20-14+. The molecule has 1 aliphatic carbocycles. The van der Waals surface area contributed by atoms with Gasteiger partial charge in [-0.2, -0.15) is 17.7 Å². The Balaban J connectivity index is 2.09. The number of aromatic hydroxyl groups is 1. The Bertz CT molecular complexity index is 740. The smallest absolute Gasteiger partial charge is 0.303 e. The molecule has 0 saturated heterocycles. The number of hydrogen-bond donors (Lipinski definition) is 4. The van der Waals surface area contributed by atoms with Crippen LogP contribution in [0, 0.1) is 0 Å². The average molecular weight is 394 g/mol. The van der Waals surface area contributed by atoms with Crippen LogP contribution in [0.4, 0.5) is 0 Å². The molecule has 0 heterocycles. The van der Waals surface area contributed by atoms with Crippen LogP contribution in [0.15, 0.2) is 17.2 Å². The van der Waals surface area contributed by atoms with Crippen molar-refractivity contribution < 1.29 is 24.5 Å². The van der Waals surface area contributed by atoms with Gasteiger partial charge in [-0.3, -0.25) is 9.59 Å². The number of carboxylic acid groups (broad SMARTS) is 1. The second kappa shape index (κ2) is 9.12. The van der Waals surface area contributed by atoms with Crippen molar-refractivity contribution in [3.05, 3.63) is 23.3 Å². The molecule has 148 valence electrons. The maximum Gasteiger partial charge on any atom is 0.303 e. The largest absolute Gasteiger partial charge is 0.507 e. The number of aliphatic carboxylic acids is 1. The Kier molecular flexibility index (Phi) is 7.12. The van der Waals surface area contributed by atoms with E-state index in [0.717, 1.165) is 18.4 Å². The van der Waals surface area contributed by atoms with Gasteiger partial charge in [0.15, 0.2) is 0 Å². The fourth-order valence-electron chi connectivity index (χ4n) is 2.93. The second-order valence-electron chi connectivity index (χ2n) is 7.26. The number of nitrogens with one attached hydrogen (secondary N) is 1. The number of benzene rings is 1. The molecule has 2 rings (SSSR count). The third kappa shape index (κ3) is 6.78. The summed E-state index contributed by atoms with van der Waals surface area (Å²) < 4.78 is 5.12. The number of fused-ring (bicyclic) bond motifs is 1. The van der Waals surface area contributed by atoms with Crippen LogP contribution >= 0.6 is 12.6 Å². The predicted octanol–water partition coefficient (Wildman–Crippen LogP) is 2.89. The average Bonchev–Trinajstić information content (AvgIpc) is 2.55. The van der Waals surface area contributed by atoms with E-state index >= 15 is 0 Å². The predicted molar refractivity (Wildman–Crippen MR) is 106 cm³/mol.